The number of nitro benzene ring substituents is 1. The monoisotopic (exact) mass is 356 g/mol. The van der Waals surface area contributed by atoms with Crippen molar-refractivity contribution in [1.29, 1.82) is 0 Å². The van der Waals surface area contributed by atoms with Gasteiger partial charge < -0.3 is 5.32 Å². The second-order valence-electron chi connectivity index (χ2n) is 4.69. The summed E-state index contributed by atoms with van der Waals surface area (Å²) in [6.07, 6.45) is -4.84. The van der Waals surface area contributed by atoms with Gasteiger partial charge in [0.25, 0.3) is 5.69 Å². The van der Waals surface area contributed by atoms with Crippen LogP contribution in [0.2, 0.25) is 0 Å². The molecule has 0 bridgehead atoms. The van der Waals surface area contributed by atoms with Crippen molar-refractivity contribution >= 4 is 29.0 Å². The fourth-order valence-electron chi connectivity index (χ4n) is 1.99. The zero-order valence-corrected chi connectivity index (χ0v) is 13.1. The minimum atomic E-state index is -4.84. The van der Waals surface area contributed by atoms with Gasteiger partial charge in [0.15, 0.2) is 0 Å². The molecule has 2 rings (SSSR count). The largest absolute Gasteiger partial charge is 0.423 e. The molecule has 0 aliphatic carbocycles. The number of alkyl halides is 3. The van der Waals surface area contributed by atoms with Crippen LogP contribution in [0.15, 0.2) is 52.3 Å². The second kappa shape index (κ2) is 6.91. The highest BCUT2D eigenvalue weighted by Gasteiger charge is 2.39. The van der Waals surface area contributed by atoms with E-state index in [1.165, 1.54) is 13.0 Å². The van der Waals surface area contributed by atoms with Gasteiger partial charge in [0, 0.05) is 11.8 Å². The lowest BCUT2D eigenvalue weighted by molar-refractivity contribution is -0.391. The first-order valence-electron chi connectivity index (χ1n) is 6.59. The van der Waals surface area contributed by atoms with E-state index in [-0.39, 0.29) is 10.8 Å². The Morgan fingerprint density at radius 1 is 1.12 bits per heavy atom. The van der Waals surface area contributed by atoms with Crippen LogP contribution in [0, 0.1) is 10.1 Å². The predicted molar refractivity (Wildman–Crippen MR) is 83.0 cm³/mol. The number of halogens is 3. The van der Waals surface area contributed by atoms with Crippen LogP contribution in [-0.4, -0.2) is 10.8 Å². The van der Waals surface area contributed by atoms with Crippen LogP contribution in [0.3, 0.4) is 0 Å². The fraction of sp³-hybridized carbons (Fsp3) is 0.133. The molecule has 1 N–H and O–H groups in total. The quantitative estimate of drug-likeness (QED) is 0.635. The minimum Gasteiger partial charge on any atom is -0.325 e. The van der Waals surface area contributed by atoms with Gasteiger partial charge in [0.1, 0.15) is 5.56 Å². The zero-order valence-electron chi connectivity index (χ0n) is 12.3. The Morgan fingerprint density at radius 3 is 2.33 bits per heavy atom. The van der Waals surface area contributed by atoms with Crippen molar-refractivity contribution in [2.45, 2.75) is 22.9 Å². The third-order valence-corrected chi connectivity index (χ3v) is 4.03. The molecule has 5 nitrogen and oxygen atoms in total. The number of hydrogen-bond acceptors (Lipinski definition) is 4. The van der Waals surface area contributed by atoms with E-state index in [4.69, 9.17) is 0 Å². The second-order valence-corrected chi connectivity index (χ2v) is 5.77. The molecule has 0 saturated heterocycles. The molecule has 2 aromatic rings. The van der Waals surface area contributed by atoms with E-state index in [1.54, 1.807) is 24.3 Å². The van der Waals surface area contributed by atoms with Crippen LogP contribution >= 0.6 is 11.8 Å². The molecular formula is C15H11F3N2O3S. The Balaban J connectivity index is 2.52. The van der Waals surface area contributed by atoms with E-state index in [1.807, 2.05) is 0 Å². The number of rotatable bonds is 4. The summed E-state index contributed by atoms with van der Waals surface area (Å²) >= 11 is 0.785. The van der Waals surface area contributed by atoms with E-state index < -0.39 is 22.4 Å². The summed E-state index contributed by atoms with van der Waals surface area (Å²) in [5.41, 5.74) is -1.95. The maximum absolute atomic E-state index is 13.0. The van der Waals surface area contributed by atoms with Crippen LogP contribution in [0.5, 0.6) is 0 Å². The first kappa shape index (κ1) is 17.8. The highest BCUT2D eigenvalue weighted by molar-refractivity contribution is 7.99. The van der Waals surface area contributed by atoms with Crippen LogP contribution in [-0.2, 0) is 11.0 Å². The highest BCUT2D eigenvalue weighted by Crippen LogP contribution is 2.44. The number of amides is 1. The molecule has 126 valence electrons. The van der Waals surface area contributed by atoms with Gasteiger partial charge in [0.05, 0.1) is 15.5 Å². The summed E-state index contributed by atoms with van der Waals surface area (Å²) in [5, 5.41) is 13.7. The van der Waals surface area contributed by atoms with Gasteiger partial charge in [-0.25, -0.2) is 0 Å². The summed E-state index contributed by atoms with van der Waals surface area (Å²) < 4.78 is 39.0. The number of benzene rings is 2. The van der Waals surface area contributed by atoms with Gasteiger partial charge in [-0.3, -0.25) is 14.9 Å². The molecule has 0 heterocycles. The first-order valence-corrected chi connectivity index (χ1v) is 7.41. The molecule has 0 aliphatic heterocycles. The van der Waals surface area contributed by atoms with Gasteiger partial charge >= 0.3 is 6.18 Å². The van der Waals surface area contributed by atoms with Crippen molar-refractivity contribution in [3.8, 4) is 0 Å². The number of hydrogen-bond donors (Lipinski definition) is 1. The van der Waals surface area contributed by atoms with Gasteiger partial charge in [-0.1, -0.05) is 30.0 Å². The Labute approximate surface area is 139 Å². The maximum atomic E-state index is 13.0. The van der Waals surface area contributed by atoms with E-state index in [9.17, 15) is 28.1 Å². The SMILES string of the molecule is CC(=O)Nc1ccccc1Sc1cccc(C(F)(F)F)c1[N+](=O)[O-]. The molecule has 0 atom stereocenters. The van der Waals surface area contributed by atoms with Crippen LogP contribution in [0.4, 0.5) is 24.5 Å². The lowest BCUT2D eigenvalue weighted by atomic mass is 10.2. The fourth-order valence-corrected chi connectivity index (χ4v) is 3.03. The molecule has 1 amide bonds. The van der Waals surface area contributed by atoms with Crippen molar-refractivity contribution < 1.29 is 22.9 Å². The maximum Gasteiger partial charge on any atom is 0.423 e. The normalized spacial score (nSPS) is 11.2. The van der Waals surface area contributed by atoms with Crippen molar-refractivity contribution in [3.63, 3.8) is 0 Å². The van der Waals surface area contributed by atoms with Crippen molar-refractivity contribution in [2.24, 2.45) is 0 Å². The minimum absolute atomic E-state index is 0.160. The average Bonchev–Trinajstić information content (AvgIpc) is 2.47. The Bertz CT molecular complexity index is 794. The van der Waals surface area contributed by atoms with Crippen LogP contribution < -0.4 is 5.32 Å². The number of carbonyl (C=O) groups is 1. The molecule has 2 aromatic carbocycles. The Morgan fingerprint density at radius 2 is 1.75 bits per heavy atom. The summed E-state index contributed by atoms with van der Waals surface area (Å²) in [7, 11) is 0. The van der Waals surface area contributed by atoms with Crippen molar-refractivity contribution in [2.75, 3.05) is 5.32 Å². The third-order valence-electron chi connectivity index (χ3n) is 2.90. The number of carbonyl (C=O) groups excluding carboxylic acids is 1. The zero-order chi connectivity index (χ0) is 17.9. The Kier molecular flexibility index (Phi) is 5.13. The van der Waals surface area contributed by atoms with Gasteiger partial charge in [0.2, 0.25) is 5.91 Å². The number of anilines is 1. The molecule has 0 aliphatic rings. The van der Waals surface area contributed by atoms with E-state index >= 15 is 0 Å². The molecule has 0 aromatic heterocycles. The van der Waals surface area contributed by atoms with Crippen LogP contribution in [0.25, 0.3) is 0 Å². The van der Waals surface area contributed by atoms with E-state index in [2.05, 4.69) is 5.32 Å². The molecule has 24 heavy (non-hydrogen) atoms. The highest BCUT2D eigenvalue weighted by atomic mass is 32.2. The topological polar surface area (TPSA) is 72.2 Å². The summed E-state index contributed by atoms with van der Waals surface area (Å²) in [6, 6.07) is 9.38. The molecule has 0 spiro atoms. The smallest absolute Gasteiger partial charge is 0.325 e. The molecule has 0 unspecified atom stereocenters. The molecule has 0 fully saturated rings. The standard InChI is InChI=1S/C15H11F3N2O3S/c1-9(21)19-11-6-2-3-7-12(11)24-13-8-4-5-10(15(16,17)18)14(13)20(22)23/h2-8H,1H3,(H,19,21). The lowest BCUT2D eigenvalue weighted by Crippen LogP contribution is -2.09. The predicted octanol–water partition coefficient (Wildman–Crippen LogP) is 4.72. The average molecular weight is 356 g/mol. The number of nitrogens with one attached hydrogen (secondary N) is 1. The van der Waals surface area contributed by atoms with Gasteiger partial charge in [-0.2, -0.15) is 13.2 Å². The third kappa shape index (κ3) is 4.05. The number of nitrogens with zero attached hydrogens (tertiary/aromatic N) is 1. The van der Waals surface area contributed by atoms with E-state index in [0.29, 0.717) is 16.6 Å². The molecule has 0 radical (unpaired) electrons. The van der Waals surface area contributed by atoms with Crippen molar-refractivity contribution in [3.05, 3.63) is 58.1 Å². The number of para-hydroxylation sites is 2. The number of nitro groups is 1. The van der Waals surface area contributed by atoms with Crippen LogP contribution in [0.1, 0.15) is 12.5 Å². The van der Waals surface area contributed by atoms with E-state index in [0.717, 1.165) is 17.8 Å². The summed E-state index contributed by atoms with van der Waals surface area (Å²) in [6.45, 7) is 1.29. The van der Waals surface area contributed by atoms with Crippen molar-refractivity contribution in [1.82, 2.24) is 0 Å². The molecule has 9 heteroatoms. The summed E-state index contributed by atoms with van der Waals surface area (Å²) in [5.74, 6) is -0.360. The van der Waals surface area contributed by atoms with Gasteiger partial charge in [-0.15, -0.1) is 0 Å². The summed E-state index contributed by atoms with van der Waals surface area (Å²) in [4.78, 5) is 21.6. The first-order chi connectivity index (χ1) is 11.2. The van der Waals surface area contributed by atoms with Gasteiger partial charge in [-0.05, 0) is 24.3 Å². The lowest BCUT2D eigenvalue weighted by Gasteiger charge is -2.12. The molecule has 0 saturated carbocycles. The Hall–Kier alpha value is -2.55. The molecular weight excluding hydrogens is 345 g/mol.